The average Bonchev–Trinajstić information content (AvgIpc) is 3.17. The number of carbonyl (C=O) groups excluding carboxylic acids is 1. The van der Waals surface area contributed by atoms with Gasteiger partial charge in [-0.3, -0.25) is 19.1 Å². The molecule has 176 valence electrons. The number of benzene rings is 2. The van der Waals surface area contributed by atoms with E-state index in [1.807, 2.05) is 59.2 Å². The Hall–Kier alpha value is -3.94. The number of H-pyrrole nitrogens is 1. The van der Waals surface area contributed by atoms with Crippen LogP contribution in [0.15, 0.2) is 64.2 Å². The Balaban J connectivity index is 1.71. The van der Waals surface area contributed by atoms with Crippen molar-refractivity contribution >= 4 is 22.8 Å². The van der Waals surface area contributed by atoms with Gasteiger partial charge in [-0.25, -0.2) is 9.78 Å². The standard InChI is InChI=1S/C26H29N5O3/c1-3-4-15-30-22(17-20-8-6-5-7-9-20)28-23-24(33)29-26(34)31(25(23)30)16-14-19-10-12-21(13-11-19)27-18(2)32/h5-13H,3-4,14-17H2,1-2H3,(H,27,32)(H,29,33,34). The van der Waals surface area contributed by atoms with Gasteiger partial charge in [-0.2, -0.15) is 0 Å². The fourth-order valence-electron chi connectivity index (χ4n) is 4.11. The van der Waals surface area contributed by atoms with E-state index >= 15 is 0 Å². The number of aryl methyl sites for hydroxylation is 3. The molecule has 0 aliphatic rings. The average molecular weight is 460 g/mol. The number of nitrogens with one attached hydrogen (secondary N) is 2. The molecular formula is C26H29N5O3. The highest BCUT2D eigenvalue weighted by Crippen LogP contribution is 2.18. The van der Waals surface area contributed by atoms with E-state index < -0.39 is 11.2 Å². The molecule has 4 aromatic rings. The zero-order valence-corrected chi connectivity index (χ0v) is 19.5. The number of hydrogen-bond donors (Lipinski definition) is 2. The Morgan fingerprint density at radius 1 is 0.971 bits per heavy atom. The molecular weight excluding hydrogens is 430 g/mol. The zero-order chi connectivity index (χ0) is 24.1. The van der Waals surface area contributed by atoms with Crippen molar-refractivity contribution in [1.29, 1.82) is 0 Å². The van der Waals surface area contributed by atoms with Crippen molar-refractivity contribution in [3.8, 4) is 0 Å². The summed E-state index contributed by atoms with van der Waals surface area (Å²) in [6.07, 6.45) is 3.07. The molecule has 0 saturated heterocycles. The largest absolute Gasteiger partial charge is 0.330 e. The molecule has 2 aromatic heterocycles. The molecule has 0 aliphatic heterocycles. The summed E-state index contributed by atoms with van der Waals surface area (Å²) in [6, 6.07) is 17.5. The Morgan fingerprint density at radius 2 is 1.71 bits per heavy atom. The molecule has 2 aromatic carbocycles. The third-order valence-electron chi connectivity index (χ3n) is 5.79. The van der Waals surface area contributed by atoms with E-state index in [0.29, 0.717) is 37.1 Å². The molecule has 0 saturated carbocycles. The van der Waals surface area contributed by atoms with Crippen molar-refractivity contribution in [1.82, 2.24) is 19.1 Å². The van der Waals surface area contributed by atoms with Crippen LogP contribution in [0, 0.1) is 0 Å². The van der Waals surface area contributed by atoms with E-state index in [1.54, 1.807) is 4.57 Å². The van der Waals surface area contributed by atoms with Crippen LogP contribution in [0.4, 0.5) is 5.69 Å². The fraction of sp³-hybridized carbons (Fsp3) is 0.308. The summed E-state index contributed by atoms with van der Waals surface area (Å²) >= 11 is 0. The molecule has 2 N–H and O–H groups in total. The smallest absolute Gasteiger partial charge is 0.326 e. The summed E-state index contributed by atoms with van der Waals surface area (Å²) in [5.74, 6) is 0.653. The summed E-state index contributed by atoms with van der Waals surface area (Å²) in [4.78, 5) is 43.9. The molecule has 2 heterocycles. The zero-order valence-electron chi connectivity index (χ0n) is 19.5. The molecule has 4 rings (SSSR count). The van der Waals surface area contributed by atoms with E-state index in [9.17, 15) is 14.4 Å². The van der Waals surface area contributed by atoms with Gasteiger partial charge in [0.25, 0.3) is 5.56 Å². The van der Waals surface area contributed by atoms with E-state index in [2.05, 4.69) is 22.2 Å². The molecule has 0 aliphatic carbocycles. The van der Waals surface area contributed by atoms with Crippen molar-refractivity contribution in [3.63, 3.8) is 0 Å². The van der Waals surface area contributed by atoms with Crippen LogP contribution in [0.3, 0.4) is 0 Å². The lowest BCUT2D eigenvalue weighted by atomic mass is 10.1. The number of aromatic amines is 1. The minimum atomic E-state index is -0.458. The first kappa shape index (κ1) is 23.2. The number of fused-ring (bicyclic) bond motifs is 1. The molecule has 0 spiro atoms. The summed E-state index contributed by atoms with van der Waals surface area (Å²) in [7, 11) is 0. The van der Waals surface area contributed by atoms with Crippen molar-refractivity contribution in [2.45, 2.75) is 52.6 Å². The predicted molar refractivity (Wildman–Crippen MR) is 133 cm³/mol. The van der Waals surface area contributed by atoms with Crippen LogP contribution >= 0.6 is 0 Å². The minimum Gasteiger partial charge on any atom is -0.326 e. The van der Waals surface area contributed by atoms with Crippen molar-refractivity contribution in [2.24, 2.45) is 0 Å². The van der Waals surface area contributed by atoms with Crippen molar-refractivity contribution in [2.75, 3.05) is 5.32 Å². The molecule has 0 unspecified atom stereocenters. The first-order valence-electron chi connectivity index (χ1n) is 11.6. The number of amides is 1. The van der Waals surface area contributed by atoms with Gasteiger partial charge in [-0.05, 0) is 36.1 Å². The maximum Gasteiger partial charge on any atom is 0.330 e. The number of imidazole rings is 1. The van der Waals surface area contributed by atoms with Gasteiger partial charge < -0.3 is 9.88 Å². The van der Waals surface area contributed by atoms with E-state index in [4.69, 9.17) is 0 Å². The van der Waals surface area contributed by atoms with Gasteiger partial charge in [0.2, 0.25) is 5.91 Å². The lowest BCUT2D eigenvalue weighted by molar-refractivity contribution is -0.114. The first-order valence-corrected chi connectivity index (χ1v) is 11.6. The maximum absolute atomic E-state index is 12.9. The number of unbranched alkanes of at least 4 members (excludes halogenated alkanes) is 1. The van der Waals surface area contributed by atoms with E-state index in [-0.39, 0.29) is 5.91 Å². The number of aromatic nitrogens is 4. The van der Waals surface area contributed by atoms with Gasteiger partial charge in [0, 0.05) is 32.1 Å². The lowest BCUT2D eigenvalue weighted by Crippen LogP contribution is -2.32. The lowest BCUT2D eigenvalue weighted by Gasteiger charge is -2.13. The van der Waals surface area contributed by atoms with Crippen LogP contribution in [0.5, 0.6) is 0 Å². The van der Waals surface area contributed by atoms with Crippen LogP contribution in [0.25, 0.3) is 11.2 Å². The predicted octanol–water partition coefficient (Wildman–Crippen LogP) is 3.48. The van der Waals surface area contributed by atoms with Crippen LogP contribution in [-0.4, -0.2) is 25.0 Å². The third kappa shape index (κ3) is 5.17. The third-order valence-corrected chi connectivity index (χ3v) is 5.79. The number of carbonyl (C=O) groups is 1. The second kappa shape index (κ2) is 10.3. The molecule has 8 heteroatoms. The van der Waals surface area contributed by atoms with Gasteiger partial charge in [0.1, 0.15) is 11.5 Å². The van der Waals surface area contributed by atoms with Crippen LogP contribution in [-0.2, 0) is 30.7 Å². The minimum absolute atomic E-state index is 0.124. The number of nitrogens with zero attached hydrogens (tertiary/aromatic N) is 3. The highest BCUT2D eigenvalue weighted by atomic mass is 16.2. The Bertz CT molecular complexity index is 1400. The van der Waals surface area contributed by atoms with Gasteiger partial charge in [0.15, 0.2) is 5.52 Å². The topological polar surface area (TPSA) is 102 Å². The van der Waals surface area contributed by atoms with E-state index in [1.165, 1.54) is 6.92 Å². The number of hydrogen-bond acceptors (Lipinski definition) is 4. The summed E-state index contributed by atoms with van der Waals surface area (Å²) in [5.41, 5.74) is 2.81. The summed E-state index contributed by atoms with van der Waals surface area (Å²) in [5, 5.41) is 2.75. The molecule has 0 fully saturated rings. The Morgan fingerprint density at radius 3 is 2.38 bits per heavy atom. The molecule has 8 nitrogen and oxygen atoms in total. The highest BCUT2D eigenvalue weighted by molar-refractivity contribution is 5.88. The van der Waals surface area contributed by atoms with Crippen LogP contribution < -0.4 is 16.6 Å². The number of rotatable bonds is 9. The number of anilines is 1. The quantitative estimate of drug-likeness (QED) is 0.400. The van der Waals surface area contributed by atoms with Gasteiger partial charge in [-0.15, -0.1) is 0 Å². The normalized spacial score (nSPS) is 11.1. The molecule has 1 amide bonds. The molecule has 0 atom stereocenters. The summed E-state index contributed by atoms with van der Waals surface area (Å²) < 4.78 is 3.65. The Labute approximate surface area is 197 Å². The second-order valence-corrected chi connectivity index (χ2v) is 8.41. The van der Waals surface area contributed by atoms with Crippen LogP contribution in [0.1, 0.15) is 43.6 Å². The van der Waals surface area contributed by atoms with Gasteiger partial charge in [-0.1, -0.05) is 55.8 Å². The molecule has 34 heavy (non-hydrogen) atoms. The van der Waals surface area contributed by atoms with Crippen molar-refractivity contribution in [3.05, 3.63) is 92.4 Å². The molecule has 0 bridgehead atoms. The second-order valence-electron chi connectivity index (χ2n) is 8.41. The SMILES string of the molecule is CCCCn1c(Cc2ccccc2)nc2c(=O)[nH]c(=O)n(CCc3ccc(NC(C)=O)cc3)c21. The van der Waals surface area contributed by atoms with Gasteiger partial charge >= 0.3 is 5.69 Å². The first-order chi connectivity index (χ1) is 16.5. The Kier molecular flexibility index (Phi) is 7.06. The molecule has 0 radical (unpaired) electrons. The summed E-state index contributed by atoms with van der Waals surface area (Å²) in [6.45, 7) is 4.66. The van der Waals surface area contributed by atoms with Gasteiger partial charge in [0.05, 0.1) is 0 Å². The fourth-order valence-corrected chi connectivity index (χ4v) is 4.11. The highest BCUT2D eigenvalue weighted by Gasteiger charge is 2.18. The van der Waals surface area contributed by atoms with E-state index in [0.717, 1.165) is 35.5 Å². The van der Waals surface area contributed by atoms with Crippen LogP contribution in [0.2, 0.25) is 0 Å². The van der Waals surface area contributed by atoms with Crippen molar-refractivity contribution < 1.29 is 4.79 Å². The maximum atomic E-state index is 12.9. The monoisotopic (exact) mass is 459 g/mol.